The van der Waals surface area contributed by atoms with Crippen molar-refractivity contribution in [2.24, 2.45) is 0 Å². The first-order chi connectivity index (χ1) is 8.72. The SMILES string of the molecule is CCNC(=O)C1CNCCN1c1ncc(I)cn1. The molecule has 0 aromatic carbocycles. The summed E-state index contributed by atoms with van der Waals surface area (Å²) in [4.78, 5) is 22.5. The van der Waals surface area contributed by atoms with E-state index in [2.05, 4.69) is 43.2 Å². The average molecular weight is 361 g/mol. The summed E-state index contributed by atoms with van der Waals surface area (Å²) in [6.07, 6.45) is 3.53. The van der Waals surface area contributed by atoms with E-state index in [1.807, 2.05) is 11.8 Å². The Labute approximate surface area is 120 Å². The molecule has 1 aromatic rings. The minimum Gasteiger partial charge on any atom is -0.355 e. The summed E-state index contributed by atoms with van der Waals surface area (Å²) in [5.74, 6) is 0.639. The van der Waals surface area contributed by atoms with Crippen molar-refractivity contribution in [1.82, 2.24) is 20.6 Å². The van der Waals surface area contributed by atoms with Crippen molar-refractivity contribution in [3.63, 3.8) is 0 Å². The quantitative estimate of drug-likeness (QED) is 0.742. The summed E-state index contributed by atoms with van der Waals surface area (Å²) < 4.78 is 0.987. The summed E-state index contributed by atoms with van der Waals surface area (Å²) in [7, 11) is 0. The van der Waals surface area contributed by atoms with Crippen molar-refractivity contribution in [2.75, 3.05) is 31.1 Å². The van der Waals surface area contributed by atoms with Crippen LogP contribution >= 0.6 is 22.6 Å². The van der Waals surface area contributed by atoms with Crippen LogP contribution in [0.5, 0.6) is 0 Å². The van der Waals surface area contributed by atoms with Crippen molar-refractivity contribution in [1.29, 1.82) is 0 Å². The van der Waals surface area contributed by atoms with E-state index in [0.717, 1.165) is 16.7 Å². The maximum atomic E-state index is 12.0. The summed E-state index contributed by atoms with van der Waals surface area (Å²) in [5, 5.41) is 6.07. The molecule has 2 heterocycles. The Balaban J connectivity index is 2.17. The third-order valence-electron chi connectivity index (χ3n) is 2.76. The second-order valence-electron chi connectivity index (χ2n) is 4.01. The lowest BCUT2D eigenvalue weighted by Gasteiger charge is -2.35. The summed E-state index contributed by atoms with van der Waals surface area (Å²) in [6.45, 7) is 4.76. The van der Waals surface area contributed by atoms with Crippen LogP contribution in [0.15, 0.2) is 12.4 Å². The molecule has 98 valence electrons. The maximum Gasteiger partial charge on any atom is 0.244 e. The zero-order valence-corrected chi connectivity index (χ0v) is 12.3. The van der Waals surface area contributed by atoms with Gasteiger partial charge >= 0.3 is 0 Å². The summed E-state index contributed by atoms with van der Waals surface area (Å²) in [5.41, 5.74) is 0. The predicted molar refractivity (Wildman–Crippen MR) is 77.4 cm³/mol. The molecule has 7 heteroatoms. The fourth-order valence-electron chi connectivity index (χ4n) is 1.92. The van der Waals surface area contributed by atoms with Gasteiger partial charge in [-0.25, -0.2) is 9.97 Å². The lowest BCUT2D eigenvalue weighted by molar-refractivity contribution is -0.122. The molecule has 1 aliphatic rings. The van der Waals surface area contributed by atoms with Gasteiger partial charge < -0.3 is 15.5 Å². The fourth-order valence-corrected chi connectivity index (χ4v) is 2.20. The largest absolute Gasteiger partial charge is 0.355 e. The van der Waals surface area contributed by atoms with Gasteiger partial charge in [0.1, 0.15) is 6.04 Å². The highest BCUT2D eigenvalue weighted by Crippen LogP contribution is 2.13. The number of halogens is 1. The molecule has 0 saturated carbocycles. The molecule has 1 aliphatic heterocycles. The molecule has 0 bridgehead atoms. The van der Waals surface area contributed by atoms with Crippen molar-refractivity contribution in [2.45, 2.75) is 13.0 Å². The molecule has 1 unspecified atom stereocenters. The van der Waals surface area contributed by atoms with Gasteiger partial charge in [-0.15, -0.1) is 0 Å². The summed E-state index contributed by atoms with van der Waals surface area (Å²) in [6, 6.07) is -0.237. The minimum absolute atomic E-state index is 0.0202. The number of aromatic nitrogens is 2. The highest BCUT2D eigenvalue weighted by molar-refractivity contribution is 14.1. The van der Waals surface area contributed by atoms with Crippen LogP contribution < -0.4 is 15.5 Å². The molecule has 2 N–H and O–H groups in total. The zero-order chi connectivity index (χ0) is 13.0. The number of nitrogens with one attached hydrogen (secondary N) is 2. The number of carbonyl (C=O) groups excluding carboxylic acids is 1. The number of nitrogens with zero attached hydrogens (tertiary/aromatic N) is 3. The Morgan fingerprint density at radius 1 is 1.61 bits per heavy atom. The highest BCUT2D eigenvalue weighted by atomic mass is 127. The van der Waals surface area contributed by atoms with Gasteiger partial charge in [0, 0.05) is 42.1 Å². The molecule has 1 amide bonds. The first kappa shape index (κ1) is 13.5. The van der Waals surface area contributed by atoms with Crippen LogP contribution in [0.25, 0.3) is 0 Å². The molecule has 1 fully saturated rings. The number of hydrogen-bond acceptors (Lipinski definition) is 5. The lowest BCUT2D eigenvalue weighted by atomic mass is 10.2. The van der Waals surface area contributed by atoms with E-state index in [9.17, 15) is 4.79 Å². The van der Waals surface area contributed by atoms with Crippen LogP contribution in [0.1, 0.15) is 6.92 Å². The zero-order valence-electron chi connectivity index (χ0n) is 10.2. The van der Waals surface area contributed by atoms with Crippen molar-refractivity contribution < 1.29 is 4.79 Å². The standard InChI is InChI=1S/C11H16IN5O/c1-2-14-10(18)9-7-13-3-4-17(9)11-15-5-8(12)6-16-11/h5-6,9,13H,2-4,7H2,1H3,(H,14,18). The maximum absolute atomic E-state index is 12.0. The Morgan fingerprint density at radius 2 is 2.33 bits per heavy atom. The van der Waals surface area contributed by atoms with Gasteiger partial charge in [-0.1, -0.05) is 0 Å². The van der Waals surface area contributed by atoms with E-state index in [4.69, 9.17) is 0 Å². The Hall–Kier alpha value is -0.960. The Bertz CT molecular complexity index is 410. The molecule has 6 nitrogen and oxygen atoms in total. The van der Waals surface area contributed by atoms with Crippen LogP contribution in [0.2, 0.25) is 0 Å². The van der Waals surface area contributed by atoms with Gasteiger partial charge in [0.25, 0.3) is 0 Å². The highest BCUT2D eigenvalue weighted by Gasteiger charge is 2.29. The van der Waals surface area contributed by atoms with Crippen LogP contribution in [-0.4, -0.2) is 48.1 Å². The van der Waals surface area contributed by atoms with E-state index in [1.54, 1.807) is 12.4 Å². The van der Waals surface area contributed by atoms with Crippen molar-refractivity contribution in [3.8, 4) is 0 Å². The van der Waals surface area contributed by atoms with Gasteiger partial charge in [-0.05, 0) is 29.5 Å². The topological polar surface area (TPSA) is 70.2 Å². The monoisotopic (exact) mass is 361 g/mol. The molecule has 18 heavy (non-hydrogen) atoms. The minimum atomic E-state index is -0.237. The molecule has 1 saturated heterocycles. The number of piperazine rings is 1. The van der Waals surface area contributed by atoms with E-state index in [0.29, 0.717) is 19.0 Å². The Kier molecular flexibility index (Phi) is 4.70. The number of rotatable bonds is 3. The Morgan fingerprint density at radius 3 is 3.00 bits per heavy atom. The smallest absolute Gasteiger partial charge is 0.244 e. The second-order valence-corrected chi connectivity index (χ2v) is 5.25. The third-order valence-corrected chi connectivity index (χ3v) is 3.32. The average Bonchev–Trinajstić information content (AvgIpc) is 2.40. The van der Waals surface area contributed by atoms with Gasteiger partial charge in [-0.2, -0.15) is 0 Å². The molecule has 1 aromatic heterocycles. The van der Waals surface area contributed by atoms with Gasteiger partial charge in [-0.3, -0.25) is 4.79 Å². The predicted octanol–water partition coefficient (Wildman–Crippen LogP) is -0.00450. The van der Waals surface area contributed by atoms with Crippen LogP contribution in [0.3, 0.4) is 0 Å². The molecule has 0 aliphatic carbocycles. The third kappa shape index (κ3) is 3.08. The van der Waals surface area contributed by atoms with E-state index in [1.165, 1.54) is 0 Å². The van der Waals surface area contributed by atoms with Crippen LogP contribution in [0.4, 0.5) is 5.95 Å². The molecule has 1 atom stereocenters. The second kappa shape index (κ2) is 6.28. The number of anilines is 1. The van der Waals surface area contributed by atoms with E-state index < -0.39 is 0 Å². The lowest BCUT2D eigenvalue weighted by Crippen LogP contribution is -2.58. The number of hydrogen-bond donors (Lipinski definition) is 2. The van der Waals surface area contributed by atoms with Gasteiger partial charge in [0.2, 0.25) is 11.9 Å². The molecule has 0 radical (unpaired) electrons. The van der Waals surface area contributed by atoms with Crippen LogP contribution in [-0.2, 0) is 4.79 Å². The fraction of sp³-hybridized carbons (Fsp3) is 0.545. The number of carbonyl (C=O) groups is 1. The first-order valence-electron chi connectivity index (χ1n) is 5.95. The molecular weight excluding hydrogens is 345 g/mol. The van der Waals surface area contributed by atoms with Gasteiger partial charge in [0.15, 0.2) is 0 Å². The van der Waals surface area contributed by atoms with E-state index in [-0.39, 0.29) is 11.9 Å². The normalized spacial score (nSPS) is 19.7. The molecule has 0 spiro atoms. The first-order valence-corrected chi connectivity index (χ1v) is 7.03. The summed E-state index contributed by atoms with van der Waals surface area (Å²) >= 11 is 2.16. The van der Waals surface area contributed by atoms with Gasteiger partial charge in [0.05, 0.1) is 0 Å². The molecular formula is C11H16IN5O. The van der Waals surface area contributed by atoms with Crippen LogP contribution in [0, 0.1) is 3.57 Å². The number of likely N-dealkylation sites (N-methyl/N-ethyl adjacent to an activating group) is 1. The van der Waals surface area contributed by atoms with Crippen molar-refractivity contribution >= 4 is 34.4 Å². The number of amides is 1. The van der Waals surface area contributed by atoms with E-state index >= 15 is 0 Å². The molecule has 2 rings (SSSR count). The van der Waals surface area contributed by atoms with Crippen molar-refractivity contribution in [3.05, 3.63) is 16.0 Å².